The average molecular weight is 373 g/mol. The molecule has 2 aromatic heterocycles. The Bertz CT molecular complexity index is 938. The van der Waals surface area contributed by atoms with Crippen molar-refractivity contribution in [1.82, 2.24) is 10.1 Å². The first kappa shape index (κ1) is 17.8. The molecule has 3 aromatic rings. The molecular formula is C18H17ClN4O3. The zero-order valence-electron chi connectivity index (χ0n) is 14.5. The normalized spacial score (nSPS) is 10.5. The van der Waals surface area contributed by atoms with Gasteiger partial charge in [-0.15, -0.1) is 0 Å². The topological polar surface area (TPSA) is 89.3 Å². The summed E-state index contributed by atoms with van der Waals surface area (Å²) in [5, 5.41) is 10.2. The molecule has 1 amide bonds. The van der Waals surface area contributed by atoms with Crippen molar-refractivity contribution in [2.24, 2.45) is 0 Å². The quantitative estimate of drug-likeness (QED) is 0.692. The standard InChI is InChI=1S/C18H17ClN4O3/c1-10-6-14(15(25-3)8-13(10)19)21-18(24)12-4-5-16(20-9-12)22-17-7-11(2)26-23-17/h4-9H,1-3H3,(H,21,24)(H,20,22,23). The van der Waals surface area contributed by atoms with Crippen LogP contribution in [-0.2, 0) is 0 Å². The first-order valence-corrected chi connectivity index (χ1v) is 8.16. The van der Waals surface area contributed by atoms with Crippen molar-refractivity contribution >= 4 is 34.8 Å². The molecule has 0 spiro atoms. The maximum atomic E-state index is 12.5. The number of nitrogens with zero attached hydrogens (tertiary/aromatic N) is 2. The van der Waals surface area contributed by atoms with Crippen molar-refractivity contribution in [2.75, 3.05) is 17.7 Å². The lowest BCUT2D eigenvalue weighted by molar-refractivity contribution is 0.102. The van der Waals surface area contributed by atoms with Crippen LogP contribution in [0.1, 0.15) is 21.7 Å². The molecule has 0 bridgehead atoms. The zero-order valence-corrected chi connectivity index (χ0v) is 15.2. The van der Waals surface area contributed by atoms with Gasteiger partial charge >= 0.3 is 0 Å². The van der Waals surface area contributed by atoms with Crippen LogP contribution in [0.15, 0.2) is 41.1 Å². The number of hydrogen-bond donors (Lipinski definition) is 2. The fraction of sp³-hybridized carbons (Fsp3) is 0.167. The monoisotopic (exact) mass is 372 g/mol. The van der Waals surface area contributed by atoms with Crippen LogP contribution in [0.5, 0.6) is 5.75 Å². The van der Waals surface area contributed by atoms with E-state index in [0.717, 1.165) is 5.56 Å². The highest BCUT2D eigenvalue weighted by atomic mass is 35.5. The number of hydrogen-bond acceptors (Lipinski definition) is 6. The molecule has 134 valence electrons. The van der Waals surface area contributed by atoms with E-state index in [-0.39, 0.29) is 5.91 Å². The molecule has 0 atom stereocenters. The van der Waals surface area contributed by atoms with E-state index in [2.05, 4.69) is 20.8 Å². The number of halogens is 1. The van der Waals surface area contributed by atoms with Gasteiger partial charge in [-0.05, 0) is 37.6 Å². The second kappa shape index (κ2) is 7.45. The third-order valence-corrected chi connectivity index (χ3v) is 4.05. The van der Waals surface area contributed by atoms with Crippen LogP contribution in [0, 0.1) is 13.8 Å². The minimum absolute atomic E-state index is 0.304. The van der Waals surface area contributed by atoms with E-state index in [1.807, 2.05) is 6.92 Å². The molecule has 0 fully saturated rings. The van der Waals surface area contributed by atoms with E-state index in [1.54, 1.807) is 37.3 Å². The van der Waals surface area contributed by atoms with Crippen molar-refractivity contribution in [3.63, 3.8) is 0 Å². The molecule has 26 heavy (non-hydrogen) atoms. The maximum absolute atomic E-state index is 12.5. The zero-order chi connectivity index (χ0) is 18.7. The maximum Gasteiger partial charge on any atom is 0.257 e. The van der Waals surface area contributed by atoms with Crippen LogP contribution in [0.3, 0.4) is 0 Å². The third-order valence-electron chi connectivity index (χ3n) is 3.64. The molecule has 0 radical (unpaired) electrons. The number of rotatable bonds is 5. The Morgan fingerprint density at radius 3 is 2.62 bits per heavy atom. The highest BCUT2D eigenvalue weighted by Gasteiger charge is 2.12. The predicted molar refractivity (Wildman–Crippen MR) is 99.5 cm³/mol. The van der Waals surface area contributed by atoms with Crippen molar-refractivity contribution in [1.29, 1.82) is 0 Å². The number of nitrogens with one attached hydrogen (secondary N) is 2. The van der Waals surface area contributed by atoms with Gasteiger partial charge in [-0.3, -0.25) is 4.79 Å². The van der Waals surface area contributed by atoms with Crippen molar-refractivity contribution < 1.29 is 14.1 Å². The molecule has 3 rings (SSSR count). The fourth-order valence-electron chi connectivity index (χ4n) is 2.28. The fourth-order valence-corrected chi connectivity index (χ4v) is 2.44. The van der Waals surface area contributed by atoms with Crippen LogP contribution < -0.4 is 15.4 Å². The van der Waals surface area contributed by atoms with Gasteiger partial charge in [0.05, 0.1) is 18.4 Å². The SMILES string of the molecule is COc1cc(Cl)c(C)cc1NC(=O)c1ccc(Nc2cc(C)on2)nc1. The number of ether oxygens (including phenoxy) is 1. The van der Waals surface area contributed by atoms with Gasteiger partial charge in [0.1, 0.15) is 17.3 Å². The Morgan fingerprint density at radius 1 is 1.19 bits per heavy atom. The molecule has 0 aliphatic heterocycles. The van der Waals surface area contributed by atoms with E-state index < -0.39 is 0 Å². The molecular weight excluding hydrogens is 356 g/mol. The summed E-state index contributed by atoms with van der Waals surface area (Å²) < 4.78 is 10.2. The second-order valence-electron chi connectivity index (χ2n) is 5.64. The number of amides is 1. The summed E-state index contributed by atoms with van der Waals surface area (Å²) in [5.74, 6) is 1.97. The summed E-state index contributed by atoms with van der Waals surface area (Å²) in [6, 6.07) is 8.51. The van der Waals surface area contributed by atoms with E-state index in [1.165, 1.54) is 13.3 Å². The van der Waals surface area contributed by atoms with Crippen LogP contribution in [-0.4, -0.2) is 23.2 Å². The Morgan fingerprint density at radius 2 is 2.00 bits per heavy atom. The first-order valence-electron chi connectivity index (χ1n) is 7.78. The molecule has 0 aliphatic rings. The second-order valence-corrected chi connectivity index (χ2v) is 6.04. The summed E-state index contributed by atoms with van der Waals surface area (Å²) >= 11 is 6.08. The number of anilines is 3. The van der Waals surface area contributed by atoms with E-state index in [9.17, 15) is 4.79 Å². The lowest BCUT2D eigenvalue weighted by atomic mass is 10.2. The summed E-state index contributed by atoms with van der Waals surface area (Å²) in [6.07, 6.45) is 1.47. The third kappa shape index (κ3) is 3.94. The van der Waals surface area contributed by atoms with Gasteiger partial charge in [0.15, 0.2) is 5.82 Å². The van der Waals surface area contributed by atoms with Gasteiger partial charge in [-0.2, -0.15) is 0 Å². The highest BCUT2D eigenvalue weighted by molar-refractivity contribution is 6.31. The minimum Gasteiger partial charge on any atom is -0.495 e. The van der Waals surface area contributed by atoms with Gasteiger partial charge in [0, 0.05) is 23.4 Å². The Hall–Kier alpha value is -3.06. The molecule has 2 heterocycles. The summed E-state index contributed by atoms with van der Waals surface area (Å²) in [6.45, 7) is 3.65. The van der Waals surface area contributed by atoms with Gasteiger partial charge < -0.3 is 19.9 Å². The number of methoxy groups -OCH3 is 1. The molecule has 0 aliphatic carbocycles. The van der Waals surface area contributed by atoms with Crippen molar-refractivity contribution in [3.8, 4) is 5.75 Å². The number of aromatic nitrogens is 2. The number of carbonyl (C=O) groups excluding carboxylic acids is 1. The number of aryl methyl sites for hydroxylation is 2. The van der Waals surface area contributed by atoms with Gasteiger partial charge in [0.2, 0.25) is 0 Å². The minimum atomic E-state index is -0.304. The molecule has 1 aromatic carbocycles. The Labute approximate surface area is 155 Å². The predicted octanol–water partition coefficient (Wildman–Crippen LogP) is 4.34. The molecule has 8 heteroatoms. The molecule has 7 nitrogen and oxygen atoms in total. The molecule has 0 saturated heterocycles. The van der Waals surface area contributed by atoms with Crippen LogP contribution in [0.4, 0.5) is 17.3 Å². The van der Waals surface area contributed by atoms with Gasteiger partial charge in [-0.25, -0.2) is 4.98 Å². The Balaban J connectivity index is 1.73. The number of benzene rings is 1. The Kier molecular flexibility index (Phi) is 5.09. The van der Waals surface area contributed by atoms with E-state index >= 15 is 0 Å². The van der Waals surface area contributed by atoms with Gasteiger partial charge in [-0.1, -0.05) is 16.8 Å². The lowest BCUT2D eigenvalue weighted by Gasteiger charge is -2.12. The first-order chi connectivity index (χ1) is 12.5. The average Bonchev–Trinajstić information content (AvgIpc) is 3.03. The molecule has 0 saturated carbocycles. The van der Waals surface area contributed by atoms with Crippen LogP contribution >= 0.6 is 11.6 Å². The number of pyridine rings is 1. The summed E-state index contributed by atoms with van der Waals surface area (Å²) in [5.41, 5.74) is 1.78. The van der Waals surface area contributed by atoms with Crippen LogP contribution in [0.2, 0.25) is 5.02 Å². The van der Waals surface area contributed by atoms with Crippen molar-refractivity contribution in [2.45, 2.75) is 13.8 Å². The molecule has 0 unspecified atom stereocenters. The molecule has 2 N–H and O–H groups in total. The van der Waals surface area contributed by atoms with Gasteiger partial charge in [0.25, 0.3) is 5.91 Å². The van der Waals surface area contributed by atoms with E-state index in [4.69, 9.17) is 20.9 Å². The van der Waals surface area contributed by atoms with Crippen molar-refractivity contribution in [3.05, 3.63) is 58.4 Å². The largest absolute Gasteiger partial charge is 0.495 e. The van der Waals surface area contributed by atoms with Crippen LogP contribution in [0.25, 0.3) is 0 Å². The number of carbonyl (C=O) groups is 1. The highest BCUT2D eigenvalue weighted by Crippen LogP contribution is 2.31. The smallest absolute Gasteiger partial charge is 0.257 e. The lowest BCUT2D eigenvalue weighted by Crippen LogP contribution is -2.13. The summed E-state index contributed by atoms with van der Waals surface area (Å²) in [7, 11) is 1.52. The van der Waals surface area contributed by atoms with E-state index in [0.29, 0.717) is 39.4 Å². The summed E-state index contributed by atoms with van der Waals surface area (Å²) in [4.78, 5) is 16.7.